The molecule has 0 bridgehead atoms. The number of nitrogens with zero attached hydrogens (tertiary/aromatic N) is 1. The van der Waals surface area contributed by atoms with Gasteiger partial charge in [-0.3, -0.25) is 23.7 Å². The van der Waals surface area contributed by atoms with Crippen LogP contribution in [0.15, 0.2) is 46.1 Å². The van der Waals surface area contributed by atoms with E-state index in [1.165, 1.54) is 14.2 Å². The number of H-pyrrole nitrogens is 1. The van der Waals surface area contributed by atoms with E-state index in [2.05, 4.69) is 5.09 Å². The van der Waals surface area contributed by atoms with Crippen LogP contribution in [0.1, 0.15) is 26.0 Å². The molecule has 2 N–H and O–H groups in total. The van der Waals surface area contributed by atoms with E-state index in [1.54, 1.807) is 37.3 Å². The number of benzene rings is 1. The van der Waals surface area contributed by atoms with Crippen LogP contribution in [-0.4, -0.2) is 61.4 Å². The molecule has 1 fully saturated rings. The summed E-state index contributed by atoms with van der Waals surface area (Å²) < 4.78 is 60.9. The molecule has 15 heteroatoms. The van der Waals surface area contributed by atoms with Gasteiger partial charge in [-0.15, -0.1) is 0 Å². The van der Waals surface area contributed by atoms with Gasteiger partial charge in [0.1, 0.15) is 24.2 Å². The number of nitrogens with one attached hydrogen (secondary N) is 2. The van der Waals surface area contributed by atoms with E-state index < -0.39 is 62.1 Å². The number of esters is 1. The highest BCUT2D eigenvalue weighted by Gasteiger charge is 2.41. The van der Waals surface area contributed by atoms with Crippen molar-refractivity contribution < 1.29 is 41.7 Å². The van der Waals surface area contributed by atoms with Gasteiger partial charge in [0.15, 0.2) is 6.29 Å². The van der Waals surface area contributed by atoms with E-state index in [1.807, 2.05) is 4.98 Å². The van der Waals surface area contributed by atoms with Crippen LogP contribution in [0.4, 0.5) is 4.39 Å². The van der Waals surface area contributed by atoms with Crippen molar-refractivity contribution in [1.29, 1.82) is 0 Å². The first-order chi connectivity index (χ1) is 17.7. The molecule has 1 aromatic heterocycles. The zero-order chi connectivity index (χ0) is 27.0. The van der Waals surface area contributed by atoms with Crippen molar-refractivity contribution in [1.82, 2.24) is 14.6 Å². The van der Waals surface area contributed by atoms with Gasteiger partial charge in [0.05, 0.1) is 19.3 Å². The first-order valence-electron chi connectivity index (χ1n) is 11.3. The van der Waals surface area contributed by atoms with Gasteiger partial charge in [-0.2, -0.15) is 4.39 Å². The Bertz CT molecular complexity index is 1200. The summed E-state index contributed by atoms with van der Waals surface area (Å²) in [5.74, 6) is -1.50. The largest absolute Gasteiger partial charge is 0.459 e. The van der Waals surface area contributed by atoms with Crippen molar-refractivity contribution in [3.8, 4) is 5.75 Å². The molecular formula is C22H29FN3O10P. The highest BCUT2D eigenvalue weighted by Crippen LogP contribution is 2.45. The molecule has 37 heavy (non-hydrogen) atoms. The molecule has 4 atom stereocenters. The average molecular weight is 545 g/mol. The molecule has 2 aromatic rings. The lowest BCUT2D eigenvalue weighted by molar-refractivity contribution is -0.152. The highest BCUT2D eigenvalue weighted by molar-refractivity contribution is 7.52. The highest BCUT2D eigenvalue weighted by atomic mass is 31.2. The zero-order valence-corrected chi connectivity index (χ0v) is 21.4. The Morgan fingerprint density at radius 1 is 1.27 bits per heavy atom. The zero-order valence-electron chi connectivity index (χ0n) is 20.5. The van der Waals surface area contributed by atoms with Crippen LogP contribution in [-0.2, 0) is 32.8 Å². The summed E-state index contributed by atoms with van der Waals surface area (Å²) in [6.45, 7) is 1.13. The van der Waals surface area contributed by atoms with E-state index in [0.29, 0.717) is 6.20 Å². The van der Waals surface area contributed by atoms with Crippen LogP contribution < -0.4 is 20.9 Å². The van der Waals surface area contributed by atoms with Gasteiger partial charge in [-0.1, -0.05) is 25.1 Å². The number of aromatic amines is 1. The molecule has 0 aliphatic carbocycles. The summed E-state index contributed by atoms with van der Waals surface area (Å²) in [5.41, 5.74) is -2.09. The number of para-hydroxylation sites is 1. The second-order valence-electron chi connectivity index (χ2n) is 7.85. The van der Waals surface area contributed by atoms with Crippen LogP contribution in [0.3, 0.4) is 0 Å². The molecule has 0 spiro atoms. The second-order valence-corrected chi connectivity index (χ2v) is 9.60. The second kappa shape index (κ2) is 13.1. The molecule has 204 valence electrons. The number of halogens is 1. The Balaban J connectivity index is 1.80. The predicted molar refractivity (Wildman–Crippen MR) is 126 cm³/mol. The number of carbonyl (C=O) groups excluding carboxylic acids is 1. The first-order valence-corrected chi connectivity index (χ1v) is 12.9. The number of aromatic nitrogens is 2. The summed E-state index contributed by atoms with van der Waals surface area (Å²) in [4.78, 5) is 37.5. The fourth-order valence-electron chi connectivity index (χ4n) is 3.42. The summed E-state index contributed by atoms with van der Waals surface area (Å²) in [6, 6.07) is 8.26. The van der Waals surface area contributed by atoms with E-state index in [4.69, 9.17) is 28.0 Å². The van der Waals surface area contributed by atoms with E-state index in [9.17, 15) is 23.3 Å². The van der Waals surface area contributed by atoms with E-state index in [-0.39, 0.29) is 25.1 Å². The van der Waals surface area contributed by atoms with Crippen molar-refractivity contribution in [3.05, 3.63) is 63.2 Å². The molecule has 0 amide bonds. The lowest BCUT2D eigenvalue weighted by atomic mass is 10.2. The Hall–Kier alpha value is -2.87. The monoisotopic (exact) mass is 545 g/mol. The Labute approximate surface area is 211 Å². The quantitative estimate of drug-likeness (QED) is 0.215. The predicted octanol–water partition coefficient (Wildman–Crippen LogP) is 1.70. The van der Waals surface area contributed by atoms with Crippen molar-refractivity contribution in [2.24, 2.45) is 0 Å². The molecule has 0 saturated carbocycles. The third-order valence-corrected chi connectivity index (χ3v) is 6.85. The molecular weight excluding hydrogens is 516 g/mol. The summed E-state index contributed by atoms with van der Waals surface area (Å²) >= 11 is 0. The summed E-state index contributed by atoms with van der Waals surface area (Å²) in [6.07, 6.45) is -3.10. The lowest BCUT2D eigenvalue weighted by Crippen LogP contribution is -2.34. The number of ether oxygens (including phenoxy) is 4. The third-order valence-electron chi connectivity index (χ3n) is 5.34. The van der Waals surface area contributed by atoms with Crippen LogP contribution >= 0.6 is 7.75 Å². The van der Waals surface area contributed by atoms with Crippen LogP contribution in [0.25, 0.3) is 0 Å². The number of hydrogen-bond donors (Lipinski definition) is 2. The Kier molecular flexibility index (Phi) is 10.1. The Morgan fingerprint density at radius 3 is 2.62 bits per heavy atom. The van der Waals surface area contributed by atoms with Gasteiger partial charge in [-0.25, -0.2) is 14.4 Å². The summed E-state index contributed by atoms with van der Waals surface area (Å²) in [7, 11) is -1.26. The smallest absolute Gasteiger partial charge is 0.458 e. The van der Waals surface area contributed by atoms with Gasteiger partial charge in [0.2, 0.25) is 5.82 Å². The number of hydrogen-bond acceptors (Lipinski definition) is 10. The minimum absolute atomic E-state index is 0.0577. The molecule has 0 radical (unpaired) electrons. The van der Waals surface area contributed by atoms with Gasteiger partial charge >= 0.3 is 19.4 Å². The molecule has 1 unspecified atom stereocenters. The maximum atomic E-state index is 13.8. The fraction of sp³-hybridized carbons (Fsp3) is 0.500. The summed E-state index contributed by atoms with van der Waals surface area (Å²) in [5, 5.41) is 2.66. The minimum atomic E-state index is -4.06. The maximum Gasteiger partial charge on any atom is 0.458 e. The average Bonchev–Trinajstić information content (AvgIpc) is 3.28. The van der Waals surface area contributed by atoms with Crippen molar-refractivity contribution >= 4 is 13.7 Å². The molecule has 13 nitrogen and oxygen atoms in total. The van der Waals surface area contributed by atoms with Crippen molar-refractivity contribution in [2.75, 3.05) is 27.4 Å². The first kappa shape index (κ1) is 28.7. The lowest BCUT2D eigenvalue weighted by Gasteiger charge is -2.25. The van der Waals surface area contributed by atoms with Crippen LogP contribution in [0, 0.1) is 5.82 Å². The van der Waals surface area contributed by atoms with Gasteiger partial charge < -0.3 is 23.5 Å². The molecule has 3 rings (SSSR count). The molecule has 1 saturated heterocycles. The van der Waals surface area contributed by atoms with Crippen LogP contribution in [0.5, 0.6) is 5.75 Å². The standard InChI is InChI=1S/C22H29FN3O10P/c1-4-19(27)35-16-10-18(26-12-15(23)21(28)25-22(26)29)34-17(16)13-33-37(30,24-11-20(31-2)32-3)36-14-8-6-5-7-9-14/h5-9,12,16-18,20H,4,10-11,13H2,1-3H3,(H,24,30)(H,25,28,29)/t16-,17+,18+,37?/m0/s1. The Morgan fingerprint density at radius 2 is 1.97 bits per heavy atom. The van der Waals surface area contributed by atoms with Gasteiger partial charge in [-0.05, 0) is 12.1 Å². The van der Waals surface area contributed by atoms with Gasteiger partial charge in [0, 0.05) is 27.1 Å². The molecule has 1 aliphatic rings. The van der Waals surface area contributed by atoms with Gasteiger partial charge in [0.25, 0.3) is 5.56 Å². The number of methoxy groups -OCH3 is 2. The minimum Gasteiger partial charge on any atom is -0.459 e. The van der Waals surface area contributed by atoms with Crippen LogP contribution in [0.2, 0.25) is 0 Å². The third kappa shape index (κ3) is 7.81. The molecule has 1 aliphatic heterocycles. The SMILES string of the molecule is CCC(=O)O[C@H]1C[C@H](n2cc(F)c(=O)[nH]c2=O)O[C@@H]1COP(=O)(NCC(OC)OC)Oc1ccccc1. The number of rotatable bonds is 13. The maximum absolute atomic E-state index is 13.8. The van der Waals surface area contributed by atoms with E-state index in [0.717, 1.165) is 4.57 Å². The van der Waals surface area contributed by atoms with Crippen molar-refractivity contribution in [2.45, 2.75) is 44.5 Å². The topological polar surface area (TPSA) is 156 Å². The fourth-order valence-corrected chi connectivity index (χ4v) is 4.74. The normalized spacial score (nSPS) is 21.1. The van der Waals surface area contributed by atoms with E-state index >= 15 is 0 Å². The number of carbonyl (C=O) groups is 1. The molecule has 1 aromatic carbocycles. The molecule has 2 heterocycles. The van der Waals surface area contributed by atoms with Crippen molar-refractivity contribution in [3.63, 3.8) is 0 Å².